The number of nitrogens with zero attached hydrogens (tertiary/aromatic N) is 6. The van der Waals surface area contributed by atoms with Gasteiger partial charge in [0.2, 0.25) is 5.91 Å². The average molecular weight is 623 g/mol. The Bertz CT molecular complexity index is 1620. The van der Waals surface area contributed by atoms with E-state index < -0.39 is 11.8 Å². The van der Waals surface area contributed by atoms with Gasteiger partial charge in [0.05, 0.1) is 17.3 Å². The Labute approximate surface area is 260 Å². The molecule has 10 nitrogen and oxygen atoms in total. The highest BCUT2D eigenvalue weighted by Crippen LogP contribution is 2.38. The van der Waals surface area contributed by atoms with Crippen molar-refractivity contribution in [3.8, 4) is 6.01 Å². The number of carboxylic acids is 1. The first-order valence-electron chi connectivity index (χ1n) is 15.0. The van der Waals surface area contributed by atoms with Crippen LogP contribution in [0.5, 0.6) is 6.01 Å². The number of fused-ring (bicyclic) bond motifs is 2. The van der Waals surface area contributed by atoms with Gasteiger partial charge in [-0.3, -0.25) is 4.79 Å². The van der Waals surface area contributed by atoms with Crippen molar-refractivity contribution >= 4 is 45.8 Å². The van der Waals surface area contributed by atoms with Crippen LogP contribution in [0.15, 0.2) is 42.5 Å². The summed E-state index contributed by atoms with van der Waals surface area (Å²) in [4.78, 5) is 41.5. The fraction of sp³-hybridized carbons (Fsp3) is 0.438. The number of hydrogen-bond donors (Lipinski definition) is 1. The molecule has 6 rings (SSSR count). The monoisotopic (exact) mass is 622 g/mol. The van der Waals surface area contributed by atoms with Crippen LogP contribution in [0.25, 0.3) is 10.8 Å². The first kappa shape index (κ1) is 30.1. The van der Waals surface area contributed by atoms with Gasteiger partial charge in [-0.05, 0) is 56.8 Å². The third kappa shape index (κ3) is 6.03. The number of aromatic nitrogens is 2. The molecule has 2 fully saturated rings. The van der Waals surface area contributed by atoms with Gasteiger partial charge in [-0.25, -0.2) is 9.18 Å². The van der Waals surface area contributed by atoms with Crippen LogP contribution in [0.2, 0.25) is 5.02 Å². The van der Waals surface area contributed by atoms with Crippen LogP contribution < -0.4 is 14.5 Å². The van der Waals surface area contributed by atoms with Gasteiger partial charge >= 0.3 is 12.0 Å². The van der Waals surface area contributed by atoms with Crippen LogP contribution in [0.1, 0.15) is 30.5 Å². The van der Waals surface area contributed by atoms with Crippen molar-refractivity contribution in [1.82, 2.24) is 19.8 Å². The molecule has 4 heterocycles. The molecule has 0 bridgehead atoms. The molecule has 0 spiro atoms. The van der Waals surface area contributed by atoms with Crippen LogP contribution in [-0.4, -0.2) is 95.7 Å². The first-order valence-corrected chi connectivity index (χ1v) is 15.3. The Kier molecular flexibility index (Phi) is 8.59. The number of carbonyl (C=O) groups is 2. The van der Waals surface area contributed by atoms with Crippen LogP contribution in [0.4, 0.5) is 15.9 Å². The Morgan fingerprint density at radius 2 is 2.00 bits per heavy atom. The maximum absolute atomic E-state index is 14.5. The SMILES string of the molecule is CN(c1nc(OC[C@@H]2CCCN2C)nc2c1CCN(c1cccc3ccc(F)c(Cl)c13)C2)C1CCN(C(=O)/C=C/C(=O)O)C1. The van der Waals surface area contributed by atoms with Crippen molar-refractivity contribution in [2.75, 3.05) is 56.7 Å². The zero-order valence-corrected chi connectivity index (χ0v) is 25.6. The second-order valence-corrected chi connectivity index (χ2v) is 12.1. The molecular weight excluding hydrogens is 587 g/mol. The van der Waals surface area contributed by atoms with Gasteiger partial charge in [-0.1, -0.05) is 29.8 Å². The van der Waals surface area contributed by atoms with Crippen molar-refractivity contribution in [3.05, 3.63) is 64.6 Å². The predicted octanol–water partition coefficient (Wildman–Crippen LogP) is 4.14. The molecule has 0 radical (unpaired) electrons. The number of likely N-dealkylation sites (tertiary alicyclic amines) is 2. The third-order valence-electron chi connectivity index (χ3n) is 9.08. The number of amides is 1. The lowest BCUT2D eigenvalue weighted by atomic mass is 10.0. The number of hydrogen-bond acceptors (Lipinski definition) is 8. The Morgan fingerprint density at radius 1 is 1.16 bits per heavy atom. The highest BCUT2D eigenvalue weighted by molar-refractivity contribution is 6.36. The Balaban J connectivity index is 1.30. The molecule has 12 heteroatoms. The van der Waals surface area contributed by atoms with E-state index >= 15 is 0 Å². The second kappa shape index (κ2) is 12.6. The molecule has 44 heavy (non-hydrogen) atoms. The van der Waals surface area contributed by atoms with E-state index in [1.807, 2.05) is 25.2 Å². The standard InChI is InChI=1S/C32H36ClFN6O4/c1-37-14-4-6-22(37)19-44-32-35-25-18-39(26-7-3-5-20-8-9-24(34)30(33)29(20)26)16-13-23(25)31(36-32)38(2)21-12-15-40(17-21)27(41)10-11-28(42)43/h3,5,7-11,21-22H,4,6,12-19H2,1-2H3,(H,42,43)/b11-10+/t21?,22-/m0/s1. The van der Waals surface area contributed by atoms with E-state index in [9.17, 15) is 14.0 Å². The Hall–Kier alpha value is -3.96. The average Bonchev–Trinajstić information content (AvgIpc) is 3.68. The molecule has 3 aliphatic rings. The van der Waals surface area contributed by atoms with E-state index in [-0.39, 0.29) is 17.0 Å². The van der Waals surface area contributed by atoms with Crippen LogP contribution in [0, 0.1) is 5.82 Å². The molecule has 0 saturated carbocycles. The predicted molar refractivity (Wildman–Crippen MR) is 167 cm³/mol. The summed E-state index contributed by atoms with van der Waals surface area (Å²) in [5.41, 5.74) is 2.70. The zero-order valence-electron chi connectivity index (χ0n) is 24.9. The lowest BCUT2D eigenvalue weighted by Gasteiger charge is -2.35. The molecule has 1 aromatic heterocycles. The number of ether oxygens (including phenoxy) is 1. The quantitative estimate of drug-likeness (QED) is 0.372. The number of anilines is 2. The first-order chi connectivity index (χ1) is 21.2. The summed E-state index contributed by atoms with van der Waals surface area (Å²) in [6.45, 7) is 3.63. The number of halogens is 2. The van der Waals surface area contributed by atoms with E-state index in [1.165, 1.54) is 6.07 Å². The number of aliphatic carboxylic acids is 1. The van der Waals surface area contributed by atoms with Crippen LogP contribution >= 0.6 is 11.6 Å². The lowest BCUT2D eigenvalue weighted by Crippen LogP contribution is -2.39. The minimum atomic E-state index is -1.15. The van der Waals surface area contributed by atoms with Gasteiger partial charge in [0.1, 0.15) is 18.2 Å². The number of carboxylic acid groups (broad SMARTS) is 1. The maximum atomic E-state index is 14.5. The third-order valence-corrected chi connectivity index (χ3v) is 9.45. The van der Waals surface area contributed by atoms with E-state index in [4.69, 9.17) is 31.4 Å². The second-order valence-electron chi connectivity index (χ2n) is 11.8. The minimum absolute atomic E-state index is 0.0112. The van der Waals surface area contributed by atoms with Gasteiger partial charge in [0.25, 0.3) is 0 Å². The molecule has 2 aromatic carbocycles. The van der Waals surface area contributed by atoms with Gasteiger partial charge < -0.3 is 29.4 Å². The number of carbonyl (C=O) groups excluding carboxylic acids is 1. The summed E-state index contributed by atoms with van der Waals surface area (Å²) in [7, 11) is 4.07. The normalized spacial score (nSPS) is 20.5. The van der Waals surface area contributed by atoms with E-state index in [2.05, 4.69) is 21.7 Å². The molecule has 1 unspecified atom stereocenters. The molecule has 3 aromatic rings. The largest absolute Gasteiger partial charge is 0.478 e. The fourth-order valence-electron chi connectivity index (χ4n) is 6.54. The molecule has 3 aliphatic heterocycles. The van der Waals surface area contributed by atoms with Gasteiger partial charge in [-0.15, -0.1) is 0 Å². The van der Waals surface area contributed by atoms with E-state index in [0.29, 0.717) is 56.6 Å². The zero-order chi connectivity index (χ0) is 31.0. The summed E-state index contributed by atoms with van der Waals surface area (Å²) in [5.74, 6) is -1.16. The van der Waals surface area contributed by atoms with Crippen molar-refractivity contribution in [1.29, 1.82) is 0 Å². The summed E-state index contributed by atoms with van der Waals surface area (Å²) >= 11 is 6.48. The summed E-state index contributed by atoms with van der Waals surface area (Å²) in [5, 5.41) is 10.6. The molecular formula is C32H36ClFN6O4. The van der Waals surface area contributed by atoms with Crippen LogP contribution in [0.3, 0.4) is 0 Å². The van der Waals surface area contributed by atoms with Crippen molar-refractivity contribution in [3.63, 3.8) is 0 Å². The van der Waals surface area contributed by atoms with Crippen LogP contribution in [-0.2, 0) is 22.6 Å². The molecule has 232 valence electrons. The highest BCUT2D eigenvalue weighted by Gasteiger charge is 2.33. The molecule has 1 amide bonds. The topological polar surface area (TPSA) is 102 Å². The maximum Gasteiger partial charge on any atom is 0.328 e. The van der Waals surface area contributed by atoms with E-state index in [0.717, 1.165) is 66.1 Å². The van der Waals surface area contributed by atoms with Gasteiger partial charge in [0, 0.05) is 67.6 Å². The number of likely N-dealkylation sites (N-methyl/N-ethyl adjacent to an activating group) is 2. The van der Waals surface area contributed by atoms with Gasteiger partial charge in [0.15, 0.2) is 0 Å². The fourth-order valence-corrected chi connectivity index (χ4v) is 6.81. The van der Waals surface area contributed by atoms with Crippen molar-refractivity contribution < 1.29 is 23.8 Å². The van der Waals surface area contributed by atoms with Crippen molar-refractivity contribution in [2.24, 2.45) is 0 Å². The molecule has 2 saturated heterocycles. The smallest absolute Gasteiger partial charge is 0.328 e. The minimum Gasteiger partial charge on any atom is -0.478 e. The van der Waals surface area contributed by atoms with Crippen molar-refractivity contribution in [2.45, 2.75) is 44.3 Å². The number of benzene rings is 2. The molecule has 1 N–H and O–H groups in total. The van der Waals surface area contributed by atoms with Gasteiger partial charge in [-0.2, -0.15) is 9.97 Å². The summed E-state index contributed by atoms with van der Waals surface area (Å²) in [6, 6.07) is 9.57. The van der Waals surface area contributed by atoms with E-state index in [1.54, 1.807) is 11.0 Å². The molecule has 2 atom stereocenters. The summed E-state index contributed by atoms with van der Waals surface area (Å²) < 4.78 is 20.8. The number of rotatable bonds is 8. The highest BCUT2D eigenvalue weighted by atomic mass is 35.5. The Morgan fingerprint density at radius 3 is 2.77 bits per heavy atom. The lowest BCUT2D eigenvalue weighted by molar-refractivity contribution is -0.132. The summed E-state index contributed by atoms with van der Waals surface area (Å²) in [6.07, 6.45) is 5.53. The molecule has 0 aliphatic carbocycles.